The van der Waals surface area contributed by atoms with E-state index in [0.29, 0.717) is 12.1 Å². The summed E-state index contributed by atoms with van der Waals surface area (Å²) < 4.78 is 7.27. The summed E-state index contributed by atoms with van der Waals surface area (Å²) in [5.41, 5.74) is 5.61. The first-order chi connectivity index (χ1) is 11.3. The van der Waals surface area contributed by atoms with Crippen molar-refractivity contribution in [2.75, 3.05) is 7.11 Å². The van der Waals surface area contributed by atoms with E-state index in [1.165, 1.54) is 24.1 Å². The smallest absolute Gasteiger partial charge is 0.155 e. The first kappa shape index (κ1) is 13.1. The van der Waals surface area contributed by atoms with E-state index in [0.717, 1.165) is 29.1 Å². The van der Waals surface area contributed by atoms with Gasteiger partial charge in [-0.1, -0.05) is 0 Å². The zero-order valence-electron chi connectivity index (χ0n) is 13.0. The van der Waals surface area contributed by atoms with Crippen LogP contribution in [0.1, 0.15) is 30.1 Å². The molecule has 0 amide bonds. The molecule has 2 aromatic heterocycles. The molecule has 2 bridgehead atoms. The molecule has 4 heterocycles. The second-order valence-electron chi connectivity index (χ2n) is 6.39. The summed E-state index contributed by atoms with van der Waals surface area (Å²) in [4.78, 5) is 4.63. The maximum Gasteiger partial charge on any atom is 0.155 e. The molecule has 0 spiro atoms. The molecule has 1 N–H and O–H groups in total. The van der Waals surface area contributed by atoms with Gasteiger partial charge in [-0.2, -0.15) is 5.10 Å². The lowest BCUT2D eigenvalue weighted by Crippen LogP contribution is -2.33. The molecular weight excluding hydrogens is 288 g/mol. The number of hydrogen-bond acceptors (Lipinski definition) is 4. The largest absolute Gasteiger partial charge is 0.497 e. The standard InChI is InChI=1S/C18H18N4O/c1-23-13-5-2-11(3-6-13)16-9-18-19-10-14-15-7-4-12(20-15)8-17(14)22(18)21-16/h2-3,5-6,9-10,12,15,20H,4,7-8H2,1H3/t12-,15-/m1/s1. The van der Waals surface area contributed by atoms with Crippen molar-refractivity contribution in [1.29, 1.82) is 0 Å². The molecule has 1 saturated heterocycles. The highest BCUT2D eigenvalue weighted by molar-refractivity contribution is 5.65. The second kappa shape index (κ2) is 4.80. The molecule has 116 valence electrons. The lowest BCUT2D eigenvalue weighted by molar-refractivity contribution is 0.415. The third-order valence-electron chi connectivity index (χ3n) is 5.06. The molecule has 2 aliphatic rings. The summed E-state index contributed by atoms with van der Waals surface area (Å²) in [7, 11) is 1.68. The van der Waals surface area contributed by atoms with Gasteiger partial charge < -0.3 is 10.1 Å². The fourth-order valence-corrected chi connectivity index (χ4v) is 3.85. The van der Waals surface area contributed by atoms with Gasteiger partial charge in [-0.05, 0) is 37.1 Å². The van der Waals surface area contributed by atoms with Crippen molar-refractivity contribution in [2.45, 2.75) is 31.3 Å². The van der Waals surface area contributed by atoms with Crippen LogP contribution in [0.5, 0.6) is 5.75 Å². The van der Waals surface area contributed by atoms with E-state index in [1.54, 1.807) is 7.11 Å². The van der Waals surface area contributed by atoms with Crippen LogP contribution in [-0.4, -0.2) is 27.7 Å². The van der Waals surface area contributed by atoms with Crippen molar-refractivity contribution in [3.63, 3.8) is 0 Å². The predicted molar refractivity (Wildman–Crippen MR) is 87.6 cm³/mol. The Morgan fingerprint density at radius 3 is 2.91 bits per heavy atom. The number of nitrogens with one attached hydrogen (secondary N) is 1. The first-order valence-corrected chi connectivity index (χ1v) is 8.10. The van der Waals surface area contributed by atoms with Gasteiger partial charge in [-0.25, -0.2) is 9.50 Å². The zero-order chi connectivity index (χ0) is 15.4. The fraction of sp³-hybridized carbons (Fsp3) is 0.333. The first-order valence-electron chi connectivity index (χ1n) is 8.10. The van der Waals surface area contributed by atoms with Gasteiger partial charge in [0.2, 0.25) is 0 Å². The molecule has 0 radical (unpaired) electrons. The molecule has 5 nitrogen and oxygen atoms in total. The second-order valence-corrected chi connectivity index (χ2v) is 6.39. The molecule has 0 aliphatic carbocycles. The summed E-state index contributed by atoms with van der Waals surface area (Å²) >= 11 is 0. The molecule has 2 aliphatic heterocycles. The highest BCUT2D eigenvalue weighted by Crippen LogP contribution is 2.36. The van der Waals surface area contributed by atoms with Crippen LogP contribution in [-0.2, 0) is 6.42 Å². The molecule has 5 rings (SSSR count). The summed E-state index contributed by atoms with van der Waals surface area (Å²) in [6, 6.07) is 11.1. The third kappa shape index (κ3) is 1.96. The van der Waals surface area contributed by atoms with Crippen LogP contribution in [0.2, 0.25) is 0 Å². The van der Waals surface area contributed by atoms with E-state index in [-0.39, 0.29) is 0 Å². The molecule has 1 aromatic carbocycles. The zero-order valence-corrected chi connectivity index (χ0v) is 13.0. The molecule has 0 unspecified atom stereocenters. The van der Waals surface area contributed by atoms with Crippen molar-refractivity contribution < 1.29 is 4.74 Å². The number of fused-ring (bicyclic) bond motifs is 6. The molecule has 3 aromatic rings. The number of benzene rings is 1. The molecule has 5 heteroatoms. The van der Waals surface area contributed by atoms with Crippen molar-refractivity contribution in [1.82, 2.24) is 19.9 Å². The van der Waals surface area contributed by atoms with Gasteiger partial charge in [0.1, 0.15) is 5.75 Å². The van der Waals surface area contributed by atoms with Gasteiger partial charge in [0.05, 0.1) is 18.5 Å². The number of nitrogens with zero attached hydrogens (tertiary/aromatic N) is 3. The van der Waals surface area contributed by atoms with Crippen LogP contribution >= 0.6 is 0 Å². The SMILES string of the molecule is COc1ccc(-c2cc3ncc4c(n3n2)C[C@H]2CC[C@H]4N2)cc1. The van der Waals surface area contributed by atoms with Crippen LogP contribution in [0.4, 0.5) is 0 Å². The summed E-state index contributed by atoms with van der Waals surface area (Å²) in [5, 5.41) is 8.50. The maximum absolute atomic E-state index is 5.22. The topological polar surface area (TPSA) is 51.5 Å². The fourth-order valence-electron chi connectivity index (χ4n) is 3.85. The van der Waals surface area contributed by atoms with E-state index < -0.39 is 0 Å². The molecule has 23 heavy (non-hydrogen) atoms. The van der Waals surface area contributed by atoms with E-state index >= 15 is 0 Å². The maximum atomic E-state index is 5.22. The van der Waals surface area contributed by atoms with Gasteiger partial charge in [0.15, 0.2) is 5.65 Å². The average Bonchev–Trinajstić information content (AvgIpc) is 3.20. The highest BCUT2D eigenvalue weighted by Gasteiger charge is 2.34. The Labute approximate surface area is 134 Å². The predicted octanol–water partition coefficient (Wildman–Crippen LogP) is 2.75. The van der Waals surface area contributed by atoms with Crippen LogP contribution < -0.4 is 10.1 Å². The number of ether oxygens (including phenoxy) is 1. The summed E-state index contributed by atoms with van der Waals surface area (Å²) in [6.45, 7) is 0. The molecular formula is C18H18N4O. The van der Waals surface area contributed by atoms with Crippen LogP contribution in [0, 0.1) is 0 Å². The van der Waals surface area contributed by atoms with Crippen LogP contribution in [0.3, 0.4) is 0 Å². The minimum Gasteiger partial charge on any atom is -0.497 e. The number of methoxy groups -OCH3 is 1. The Bertz CT molecular complexity index is 884. The highest BCUT2D eigenvalue weighted by atomic mass is 16.5. The normalized spacial score (nSPS) is 22.3. The Morgan fingerprint density at radius 1 is 1.22 bits per heavy atom. The molecule has 2 atom stereocenters. The quantitative estimate of drug-likeness (QED) is 0.791. The van der Waals surface area contributed by atoms with Crippen LogP contribution in [0.15, 0.2) is 36.5 Å². The van der Waals surface area contributed by atoms with Gasteiger partial charge in [-0.15, -0.1) is 0 Å². The van der Waals surface area contributed by atoms with E-state index in [9.17, 15) is 0 Å². The van der Waals surface area contributed by atoms with Gasteiger partial charge in [0, 0.05) is 41.9 Å². The summed E-state index contributed by atoms with van der Waals surface area (Å²) in [6.07, 6.45) is 5.52. The lowest BCUT2D eigenvalue weighted by atomic mass is 10.0. The Hall–Kier alpha value is -2.40. The Morgan fingerprint density at radius 2 is 2.09 bits per heavy atom. The van der Waals surface area contributed by atoms with E-state index in [1.807, 2.05) is 35.0 Å². The Kier molecular flexibility index (Phi) is 2.73. The van der Waals surface area contributed by atoms with Crippen molar-refractivity contribution in [3.05, 3.63) is 47.8 Å². The minimum absolute atomic E-state index is 0.453. The number of hydrogen-bond donors (Lipinski definition) is 1. The average molecular weight is 306 g/mol. The molecule has 1 fully saturated rings. The van der Waals surface area contributed by atoms with Crippen molar-refractivity contribution in [3.8, 4) is 17.0 Å². The monoisotopic (exact) mass is 306 g/mol. The van der Waals surface area contributed by atoms with E-state index in [4.69, 9.17) is 9.84 Å². The van der Waals surface area contributed by atoms with Gasteiger partial charge in [0.25, 0.3) is 0 Å². The van der Waals surface area contributed by atoms with Crippen molar-refractivity contribution >= 4 is 5.65 Å². The van der Waals surface area contributed by atoms with Gasteiger partial charge >= 0.3 is 0 Å². The third-order valence-corrected chi connectivity index (χ3v) is 5.06. The summed E-state index contributed by atoms with van der Waals surface area (Å²) in [5.74, 6) is 0.857. The van der Waals surface area contributed by atoms with Crippen molar-refractivity contribution in [2.24, 2.45) is 0 Å². The van der Waals surface area contributed by atoms with Crippen LogP contribution in [0.25, 0.3) is 16.9 Å². The van der Waals surface area contributed by atoms with E-state index in [2.05, 4.69) is 16.4 Å². The number of aromatic nitrogens is 3. The lowest BCUT2D eigenvalue weighted by Gasteiger charge is -2.24. The molecule has 0 saturated carbocycles. The Balaban J connectivity index is 1.63. The number of rotatable bonds is 2. The van der Waals surface area contributed by atoms with Gasteiger partial charge in [-0.3, -0.25) is 0 Å². The minimum atomic E-state index is 0.453.